The molecule has 0 aliphatic carbocycles. The van der Waals surface area contributed by atoms with Crippen molar-refractivity contribution in [3.05, 3.63) is 78.8 Å². The number of urea groups is 1. The molecule has 168 valence electrons. The second-order valence-electron chi connectivity index (χ2n) is 7.80. The lowest BCUT2D eigenvalue weighted by Crippen LogP contribution is -2.33. The molecule has 1 atom stereocenters. The molecule has 0 radical (unpaired) electrons. The maximum Gasteiger partial charge on any atom is 0.319 e. The van der Waals surface area contributed by atoms with Gasteiger partial charge in [-0.25, -0.2) is 14.2 Å². The first-order valence-electron chi connectivity index (χ1n) is 10.6. The number of imidazole rings is 1. The fourth-order valence-corrected chi connectivity index (χ4v) is 4.14. The number of hydrogen-bond acceptors (Lipinski definition) is 4. The summed E-state index contributed by atoms with van der Waals surface area (Å²) in [6.45, 7) is 1.49. The SMILES string of the molecule is COCCn1cc(-c2ccc(NC(=O)NCC3c4ccccc4-c4cncn43)cc2F)cn1. The Hall–Kier alpha value is -3.98. The van der Waals surface area contributed by atoms with Crippen LogP contribution in [0, 0.1) is 5.82 Å². The number of hydrogen-bond donors (Lipinski definition) is 2. The van der Waals surface area contributed by atoms with Crippen LogP contribution in [-0.2, 0) is 11.3 Å². The van der Waals surface area contributed by atoms with E-state index in [1.54, 1.807) is 42.6 Å². The molecule has 0 fully saturated rings. The molecule has 1 aliphatic rings. The van der Waals surface area contributed by atoms with E-state index in [-0.39, 0.29) is 6.04 Å². The van der Waals surface area contributed by atoms with E-state index >= 15 is 0 Å². The van der Waals surface area contributed by atoms with Crippen molar-refractivity contribution in [2.45, 2.75) is 12.6 Å². The standard InChI is InChI=1S/C24H23FN6O2/c1-33-9-8-30-14-16(11-28-30)18-7-6-17(10-21(18)25)29-24(32)27-13-23-20-5-3-2-4-19(20)22-12-26-15-31(22)23/h2-7,10-12,14-15,23H,8-9,13H2,1H3,(H2,27,29,32). The Bertz CT molecular complexity index is 1300. The largest absolute Gasteiger partial charge is 0.383 e. The normalized spacial score (nSPS) is 14.1. The van der Waals surface area contributed by atoms with Gasteiger partial charge in [-0.2, -0.15) is 5.10 Å². The number of aromatic nitrogens is 4. The van der Waals surface area contributed by atoms with Crippen molar-refractivity contribution in [3.8, 4) is 22.4 Å². The number of fused-ring (bicyclic) bond motifs is 3. The number of ether oxygens (including phenoxy) is 1. The minimum atomic E-state index is -0.438. The Morgan fingerprint density at radius 2 is 2.06 bits per heavy atom. The number of methoxy groups -OCH3 is 1. The lowest BCUT2D eigenvalue weighted by Gasteiger charge is -2.16. The summed E-state index contributed by atoms with van der Waals surface area (Å²) < 4.78 is 23.5. The first kappa shape index (κ1) is 20.9. The molecule has 9 heteroatoms. The molecule has 8 nitrogen and oxygen atoms in total. The number of halogens is 1. The third kappa shape index (κ3) is 4.10. The van der Waals surface area contributed by atoms with Crippen molar-refractivity contribution >= 4 is 11.7 Å². The van der Waals surface area contributed by atoms with Crippen LogP contribution in [0.4, 0.5) is 14.9 Å². The molecule has 5 rings (SSSR count). The lowest BCUT2D eigenvalue weighted by atomic mass is 10.0. The molecule has 4 aromatic rings. The van der Waals surface area contributed by atoms with Gasteiger partial charge in [-0.1, -0.05) is 24.3 Å². The number of rotatable bonds is 7. The summed E-state index contributed by atoms with van der Waals surface area (Å²) in [5, 5.41) is 9.81. The van der Waals surface area contributed by atoms with Gasteiger partial charge in [0.2, 0.25) is 0 Å². The summed E-state index contributed by atoms with van der Waals surface area (Å²) >= 11 is 0. The van der Waals surface area contributed by atoms with Crippen molar-refractivity contribution in [2.24, 2.45) is 0 Å². The number of anilines is 1. The minimum absolute atomic E-state index is 0.0433. The quantitative estimate of drug-likeness (QED) is 0.451. The third-order valence-electron chi connectivity index (χ3n) is 5.75. The molecule has 0 saturated heterocycles. The molecule has 1 aliphatic heterocycles. The molecule has 2 amide bonds. The predicted molar refractivity (Wildman–Crippen MR) is 122 cm³/mol. The van der Waals surface area contributed by atoms with Crippen molar-refractivity contribution in [1.82, 2.24) is 24.6 Å². The van der Waals surface area contributed by atoms with E-state index in [0.29, 0.717) is 36.5 Å². The van der Waals surface area contributed by atoms with E-state index in [2.05, 4.69) is 32.8 Å². The molecule has 3 heterocycles. The summed E-state index contributed by atoms with van der Waals surface area (Å²) in [4.78, 5) is 16.7. The Labute approximate surface area is 190 Å². The molecule has 0 saturated carbocycles. The fraction of sp³-hybridized carbons (Fsp3) is 0.208. The van der Waals surface area contributed by atoms with Gasteiger partial charge in [0.1, 0.15) is 5.82 Å². The summed E-state index contributed by atoms with van der Waals surface area (Å²) in [5.74, 6) is -0.438. The Balaban J connectivity index is 1.23. The maximum absolute atomic E-state index is 14.7. The average Bonchev–Trinajstić information content (AvgIpc) is 3.53. The van der Waals surface area contributed by atoms with Gasteiger partial charge in [-0.15, -0.1) is 0 Å². The number of nitrogens with zero attached hydrogens (tertiary/aromatic N) is 4. The van der Waals surface area contributed by atoms with Gasteiger partial charge >= 0.3 is 6.03 Å². The highest BCUT2D eigenvalue weighted by Crippen LogP contribution is 2.38. The highest BCUT2D eigenvalue weighted by atomic mass is 19.1. The first-order chi connectivity index (χ1) is 16.1. The van der Waals surface area contributed by atoms with Crippen LogP contribution in [0.2, 0.25) is 0 Å². The number of amides is 2. The van der Waals surface area contributed by atoms with Crippen molar-refractivity contribution in [3.63, 3.8) is 0 Å². The molecule has 1 unspecified atom stereocenters. The highest BCUT2D eigenvalue weighted by Gasteiger charge is 2.28. The number of benzene rings is 2. The topological polar surface area (TPSA) is 86.0 Å². The molecule has 2 N–H and O–H groups in total. The zero-order valence-corrected chi connectivity index (χ0v) is 18.0. The van der Waals surface area contributed by atoms with E-state index < -0.39 is 11.8 Å². The van der Waals surface area contributed by atoms with E-state index in [1.807, 2.05) is 22.9 Å². The van der Waals surface area contributed by atoms with Crippen LogP contribution in [0.5, 0.6) is 0 Å². The second kappa shape index (κ2) is 8.87. The van der Waals surface area contributed by atoms with Crippen LogP contribution in [0.15, 0.2) is 67.4 Å². The van der Waals surface area contributed by atoms with Crippen LogP contribution in [0.1, 0.15) is 11.6 Å². The van der Waals surface area contributed by atoms with Crippen LogP contribution < -0.4 is 10.6 Å². The van der Waals surface area contributed by atoms with Crippen LogP contribution in [0.3, 0.4) is 0 Å². The summed E-state index contributed by atoms with van der Waals surface area (Å²) in [5.41, 5.74) is 4.73. The predicted octanol–water partition coefficient (Wildman–Crippen LogP) is 3.92. The first-order valence-corrected chi connectivity index (χ1v) is 10.6. The Morgan fingerprint density at radius 3 is 2.91 bits per heavy atom. The van der Waals surface area contributed by atoms with Crippen molar-refractivity contribution in [1.29, 1.82) is 0 Å². The molecular formula is C24H23FN6O2. The average molecular weight is 446 g/mol. The van der Waals surface area contributed by atoms with Gasteiger partial charge in [0.05, 0.1) is 43.6 Å². The molecular weight excluding hydrogens is 423 g/mol. The maximum atomic E-state index is 14.7. The van der Waals surface area contributed by atoms with Crippen molar-refractivity contribution < 1.29 is 13.9 Å². The Kier molecular flexibility index (Phi) is 5.62. The van der Waals surface area contributed by atoms with E-state index in [0.717, 1.165) is 16.8 Å². The van der Waals surface area contributed by atoms with Gasteiger partial charge in [-0.05, 0) is 23.8 Å². The lowest BCUT2D eigenvalue weighted by molar-refractivity contribution is 0.183. The summed E-state index contributed by atoms with van der Waals surface area (Å²) in [6.07, 6.45) is 6.97. The van der Waals surface area contributed by atoms with Crippen LogP contribution in [0.25, 0.3) is 22.4 Å². The van der Waals surface area contributed by atoms with Gasteiger partial charge < -0.3 is 19.9 Å². The van der Waals surface area contributed by atoms with Crippen LogP contribution >= 0.6 is 0 Å². The van der Waals surface area contributed by atoms with E-state index in [9.17, 15) is 9.18 Å². The summed E-state index contributed by atoms with van der Waals surface area (Å²) in [7, 11) is 1.62. The van der Waals surface area contributed by atoms with Gasteiger partial charge in [0.15, 0.2) is 0 Å². The molecule has 2 aromatic carbocycles. The van der Waals surface area contributed by atoms with E-state index in [4.69, 9.17) is 4.74 Å². The van der Waals surface area contributed by atoms with E-state index in [1.165, 1.54) is 6.07 Å². The number of nitrogens with one attached hydrogen (secondary N) is 2. The monoisotopic (exact) mass is 446 g/mol. The zero-order valence-electron chi connectivity index (χ0n) is 18.0. The molecule has 0 bridgehead atoms. The van der Waals surface area contributed by atoms with Gasteiger partial charge in [0, 0.05) is 42.2 Å². The molecule has 2 aromatic heterocycles. The minimum Gasteiger partial charge on any atom is -0.383 e. The highest BCUT2D eigenvalue weighted by molar-refractivity contribution is 5.89. The number of carbonyl (C=O) groups excluding carboxylic acids is 1. The molecule has 0 spiro atoms. The van der Waals surface area contributed by atoms with Crippen LogP contribution in [-0.4, -0.2) is 45.6 Å². The third-order valence-corrected chi connectivity index (χ3v) is 5.75. The zero-order chi connectivity index (χ0) is 22.8. The molecule has 33 heavy (non-hydrogen) atoms. The second-order valence-corrected chi connectivity index (χ2v) is 7.80. The van der Waals surface area contributed by atoms with Gasteiger partial charge in [-0.3, -0.25) is 4.68 Å². The summed E-state index contributed by atoms with van der Waals surface area (Å²) in [6, 6.07) is 12.2. The smallest absolute Gasteiger partial charge is 0.319 e. The van der Waals surface area contributed by atoms with Crippen molar-refractivity contribution in [2.75, 3.05) is 25.6 Å². The Morgan fingerprint density at radius 1 is 1.18 bits per heavy atom. The fourth-order valence-electron chi connectivity index (χ4n) is 4.14. The van der Waals surface area contributed by atoms with Gasteiger partial charge in [0.25, 0.3) is 0 Å². The number of carbonyl (C=O) groups is 1.